The lowest BCUT2D eigenvalue weighted by Gasteiger charge is -2.28. The third-order valence-corrected chi connectivity index (χ3v) is 2.93. The molecule has 1 amide bonds. The predicted molar refractivity (Wildman–Crippen MR) is 58.0 cm³/mol. The first kappa shape index (κ1) is 13.0. The maximum Gasteiger partial charge on any atom is 0.323 e. The predicted octanol–water partition coefficient (Wildman–Crippen LogP) is 0.736. The maximum absolute atomic E-state index is 11.8. The molecule has 0 aliphatic heterocycles. The summed E-state index contributed by atoms with van der Waals surface area (Å²) in [5.41, 5.74) is 0. The molecule has 0 spiro atoms. The number of methoxy groups -OCH3 is 1. The molecule has 1 N–H and O–H groups in total. The van der Waals surface area contributed by atoms with Gasteiger partial charge in [0.05, 0.1) is 6.61 Å². The second kappa shape index (κ2) is 6.48. The van der Waals surface area contributed by atoms with E-state index in [0.29, 0.717) is 25.5 Å². The summed E-state index contributed by atoms with van der Waals surface area (Å²) in [6, 6.07) is 0. The van der Waals surface area contributed by atoms with E-state index in [2.05, 4.69) is 0 Å². The standard InChI is InChI=1S/C11H19NO4/c1-16-6-5-12(8-11(14)15)10(13)7-9-3-2-4-9/h9H,2-8H2,1H3,(H,14,15). The van der Waals surface area contributed by atoms with Crippen molar-refractivity contribution in [3.63, 3.8) is 0 Å². The van der Waals surface area contributed by atoms with Crippen LogP contribution in [0.1, 0.15) is 25.7 Å². The lowest BCUT2D eigenvalue weighted by molar-refractivity contribution is -0.145. The highest BCUT2D eigenvalue weighted by molar-refractivity contribution is 5.81. The molecule has 0 aromatic rings. The number of aliphatic carboxylic acids is 1. The fraction of sp³-hybridized carbons (Fsp3) is 0.818. The van der Waals surface area contributed by atoms with Gasteiger partial charge >= 0.3 is 5.97 Å². The first-order chi connectivity index (χ1) is 7.63. The van der Waals surface area contributed by atoms with Crippen molar-refractivity contribution in [3.05, 3.63) is 0 Å². The van der Waals surface area contributed by atoms with Gasteiger partial charge in [0.2, 0.25) is 5.91 Å². The molecule has 0 saturated heterocycles. The van der Waals surface area contributed by atoms with E-state index in [-0.39, 0.29) is 12.5 Å². The van der Waals surface area contributed by atoms with Crippen molar-refractivity contribution in [2.24, 2.45) is 5.92 Å². The minimum Gasteiger partial charge on any atom is -0.480 e. The second-order valence-corrected chi connectivity index (χ2v) is 4.20. The van der Waals surface area contributed by atoms with Crippen molar-refractivity contribution in [1.82, 2.24) is 4.90 Å². The molecule has 1 aliphatic carbocycles. The normalized spacial score (nSPS) is 15.6. The Kier molecular flexibility index (Phi) is 5.25. The van der Waals surface area contributed by atoms with Crippen LogP contribution >= 0.6 is 0 Å². The number of carboxylic acid groups (broad SMARTS) is 1. The number of carbonyl (C=O) groups excluding carboxylic acids is 1. The number of hydrogen-bond acceptors (Lipinski definition) is 3. The Bertz CT molecular complexity index is 250. The van der Waals surface area contributed by atoms with Gasteiger partial charge in [-0.25, -0.2) is 0 Å². The Hall–Kier alpha value is -1.10. The van der Waals surface area contributed by atoms with Gasteiger partial charge in [-0.1, -0.05) is 6.42 Å². The lowest BCUT2D eigenvalue weighted by Crippen LogP contribution is -2.39. The van der Waals surface area contributed by atoms with Crippen LogP contribution in [0.5, 0.6) is 0 Å². The van der Waals surface area contributed by atoms with Gasteiger partial charge < -0.3 is 14.7 Å². The Morgan fingerprint density at radius 3 is 2.56 bits per heavy atom. The minimum absolute atomic E-state index is 0.0656. The molecular formula is C11H19NO4. The molecule has 5 nitrogen and oxygen atoms in total. The number of carbonyl (C=O) groups is 2. The highest BCUT2D eigenvalue weighted by atomic mass is 16.5. The Morgan fingerprint density at radius 1 is 1.44 bits per heavy atom. The van der Waals surface area contributed by atoms with E-state index < -0.39 is 5.97 Å². The first-order valence-corrected chi connectivity index (χ1v) is 5.62. The topological polar surface area (TPSA) is 66.8 Å². The average molecular weight is 229 g/mol. The zero-order valence-corrected chi connectivity index (χ0v) is 9.65. The van der Waals surface area contributed by atoms with Gasteiger partial charge in [-0.2, -0.15) is 0 Å². The van der Waals surface area contributed by atoms with E-state index in [1.165, 1.54) is 18.4 Å². The Balaban J connectivity index is 2.38. The van der Waals surface area contributed by atoms with Crippen LogP contribution in [-0.4, -0.2) is 48.7 Å². The van der Waals surface area contributed by atoms with Crippen LogP contribution < -0.4 is 0 Å². The van der Waals surface area contributed by atoms with Gasteiger partial charge in [-0.15, -0.1) is 0 Å². The van der Waals surface area contributed by atoms with Crippen molar-refractivity contribution in [2.75, 3.05) is 26.8 Å². The summed E-state index contributed by atoms with van der Waals surface area (Å²) in [6.07, 6.45) is 3.86. The first-order valence-electron chi connectivity index (χ1n) is 5.62. The Morgan fingerprint density at radius 2 is 2.12 bits per heavy atom. The summed E-state index contributed by atoms with van der Waals surface area (Å²) >= 11 is 0. The molecule has 0 aromatic heterocycles. The van der Waals surface area contributed by atoms with Crippen molar-refractivity contribution >= 4 is 11.9 Å². The van der Waals surface area contributed by atoms with E-state index in [0.717, 1.165) is 12.8 Å². The molecule has 1 fully saturated rings. The molecule has 92 valence electrons. The summed E-state index contributed by atoms with van der Waals surface area (Å²) in [5, 5.41) is 8.70. The number of carboxylic acids is 1. The van der Waals surface area contributed by atoms with E-state index in [9.17, 15) is 9.59 Å². The van der Waals surface area contributed by atoms with Crippen LogP contribution in [0.25, 0.3) is 0 Å². The fourth-order valence-corrected chi connectivity index (χ4v) is 1.73. The molecule has 0 radical (unpaired) electrons. The monoisotopic (exact) mass is 229 g/mol. The molecular weight excluding hydrogens is 210 g/mol. The lowest BCUT2D eigenvalue weighted by atomic mass is 9.82. The van der Waals surface area contributed by atoms with E-state index in [4.69, 9.17) is 9.84 Å². The number of nitrogens with zero attached hydrogens (tertiary/aromatic N) is 1. The summed E-state index contributed by atoms with van der Waals surface area (Å²) in [6.45, 7) is 0.507. The van der Waals surface area contributed by atoms with Crippen molar-refractivity contribution in [3.8, 4) is 0 Å². The molecule has 1 rings (SSSR count). The third-order valence-electron chi connectivity index (χ3n) is 2.93. The zero-order valence-electron chi connectivity index (χ0n) is 9.65. The van der Waals surface area contributed by atoms with Crippen molar-refractivity contribution in [1.29, 1.82) is 0 Å². The van der Waals surface area contributed by atoms with Crippen LogP contribution in [0.3, 0.4) is 0 Å². The SMILES string of the molecule is COCCN(CC(=O)O)C(=O)CC1CCC1. The zero-order chi connectivity index (χ0) is 12.0. The molecule has 0 heterocycles. The van der Waals surface area contributed by atoms with Crippen molar-refractivity contribution in [2.45, 2.75) is 25.7 Å². The smallest absolute Gasteiger partial charge is 0.323 e. The summed E-state index contributed by atoms with van der Waals surface area (Å²) in [7, 11) is 1.54. The number of hydrogen-bond donors (Lipinski definition) is 1. The van der Waals surface area contributed by atoms with Gasteiger partial charge in [0.25, 0.3) is 0 Å². The van der Waals surface area contributed by atoms with Gasteiger partial charge in [0.1, 0.15) is 6.54 Å². The summed E-state index contributed by atoms with van der Waals surface area (Å²) < 4.78 is 4.86. The number of ether oxygens (including phenoxy) is 1. The van der Waals surface area contributed by atoms with Crippen LogP contribution in [0.4, 0.5) is 0 Å². The molecule has 5 heteroatoms. The average Bonchev–Trinajstić information content (AvgIpc) is 2.17. The van der Waals surface area contributed by atoms with Crippen LogP contribution in [0, 0.1) is 5.92 Å². The highest BCUT2D eigenvalue weighted by Crippen LogP contribution is 2.29. The van der Waals surface area contributed by atoms with E-state index in [1.807, 2.05) is 0 Å². The largest absolute Gasteiger partial charge is 0.480 e. The second-order valence-electron chi connectivity index (χ2n) is 4.20. The number of amides is 1. The van der Waals surface area contributed by atoms with Crippen LogP contribution in [0.15, 0.2) is 0 Å². The molecule has 1 aliphatic rings. The minimum atomic E-state index is -0.974. The van der Waals surface area contributed by atoms with Gasteiger partial charge in [0.15, 0.2) is 0 Å². The van der Waals surface area contributed by atoms with Gasteiger partial charge in [-0.05, 0) is 18.8 Å². The van der Waals surface area contributed by atoms with Gasteiger partial charge in [-0.3, -0.25) is 9.59 Å². The Labute approximate surface area is 95.4 Å². The van der Waals surface area contributed by atoms with E-state index >= 15 is 0 Å². The molecule has 0 unspecified atom stereocenters. The number of rotatable bonds is 7. The van der Waals surface area contributed by atoms with Crippen molar-refractivity contribution < 1.29 is 19.4 Å². The van der Waals surface area contributed by atoms with Gasteiger partial charge in [0, 0.05) is 20.1 Å². The maximum atomic E-state index is 11.8. The molecule has 0 aromatic carbocycles. The fourth-order valence-electron chi connectivity index (χ4n) is 1.73. The quantitative estimate of drug-likeness (QED) is 0.699. The molecule has 0 atom stereocenters. The van der Waals surface area contributed by atoms with Crippen LogP contribution in [0.2, 0.25) is 0 Å². The third kappa shape index (κ3) is 4.18. The highest BCUT2D eigenvalue weighted by Gasteiger charge is 2.24. The molecule has 0 bridgehead atoms. The summed E-state index contributed by atoms with van der Waals surface area (Å²) in [5.74, 6) is -0.575. The van der Waals surface area contributed by atoms with Crippen LogP contribution in [-0.2, 0) is 14.3 Å². The summed E-state index contributed by atoms with van der Waals surface area (Å²) in [4.78, 5) is 23.8. The molecule has 1 saturated carbocycles. The van der Waals surface area contributed by atoms with E-state index in [1.54, 1.807) is 0 Å². The molecule has 16 heavy (non-hydrogen) atoms.